The number of aromatic nitrogens is 4. The predicted molar refractivity (Wildman–Crippen MR) is 135 cm³/mol. The molecule has 11 nitrogen and oxygen atoms in total. The number of nitrogens with one attached hydrogen (secondary N) is 1. The normalized spacial score (nSPS) is 18.1. The van der Waals surface area contributed by atoms with Gasteiger partial charge in [-0.2, -0.15) is 14.6 Å². The third kappa shape index (κ3) is 6.17. The number of nitrogens with zero attached hydrogens (tertiary/aromatic N) is 6. The van der Waals surface area contributed by atoms with Crippen LogP contribution < -0.4 is 5.32 Å². The van der Waals surface area contributed by atoms with Crippen LogP contribution in [-0.4, -0.2) is 85.5 Å². The van der Waals surface area contributed by atoms with Crippen LogP contribution in [0.2, 0.25) is 0 Å². The van der Waals surface area contributed by atoms with E-state index in [0.717, 1.165) is 24.1 Å². The molecule has 198 valence electrons. The number of carbonyl (C=O) groups is 2. The lowest BCUT2D eigenvalue weighted by molar-refractivity contribution is 0.000132. The molecule has 4 rings (SSSR count). The SMILES string of the molecule is Cc1nc(NC2CCN(C(=O)OC3CCN(C(=O)OC(C)(C)C)CC3)CC2)n2ncc(C(C)C)c2n1. The number of ether oxygens (including phenoxy) is 2. The highest BCUT2D eigenvalue weighted by Crippen LogP contribution is 2.23. The number of hydrogen-bond donors (Lipinski definition) is 1. The van der Waals surface area contributed by atoms with Crippen molar-refractivity contribution in [3.05, 3.63) is 17.6 Å². The summed E-state index contributed by atoms with van der Waals surface area (Å²) in [5, 5.41) is 8.01. The van der Waals surface area contributed by atoms with Crippen molar-refractivity contribution >= 4 is 23.8 Å². The van der Waals surface area contributed by atoms with Gasteiger partial charge in [0.25, 0.3) is 0 Å². The Morgan fingerprint density at radius 2 is 1.61 bits per heavy atom. The summed E-state index contributed by atoms with van der Waals surface area (Å²) >= 11 is 0. The van der Waals surface area contributed by atoms with Gasteiger partial charge in [-0.1, -0.05) is 13.8 Å². The van der Waals surface area contributed by atoms with E-state index in [0.29, 0.717) is 56.7 Å². The Morgan fingerprint density at radius 3 is 2.22 bits per heavy atom. The Labute approximate surface area is 212 Å². The summed E-state index contributed by atoms with van der Waals surface area (Å²) in [5.74, 6) is 1.71. The highest BCUT2D eigenvalue weighted by atomic mass is 16.6. The zero-order chi connectivity index (χ0) is 26.0. The number of fused-ring (bicyclic) bond motifs is 1. The lowest BCUT2D eigenvalue weighted by Crippen LogP contribution is -2.46. The smallest absolute Gasteiger partial charge is 0.410 e. The van der Waals surface area contributed by atoms with Gasteiger partial charge >= 0.3 is 12.2 Å². The van der Waals surface area contributed by atoms with E-state index in [1.54, 1.807) is 14.3 Å². The van der Waals surface area contributed by atoms with Crippen molar-refractivity contribution < 1.29 is 19.1 Å². The van der Waals surface area contributed by atoms with E-state index in [1.165, 1.54) is 0 Å². The van der Waals surface area contributed by atoms with Gasteiger partial charge in [0.15, 0.2) is 5.65 Å². The monoisotopic (exact) mass is 501 g/mol. The summed E-state index contributed by atoms with van der Waals surface area (Å²) in [7, 11) is 0. The van der Waals surface area contributed by atoms with Gasteiger partial charge in [-0.15, -0.1) is 0 Å². The van der Waals surface area contributed by atoms with Crippen LogP contribution in [0.1, 0.15) is 77.6 Å². The number of carbonyl (C=O) groups excluding carboxylic acids is 2. The van der Waals surface area contributed by atoms with Crippen molar-refractivity contribution in [2.24, 2.45) is 0 Å². The number of anilines is 1. The molecule has 1 N–H and O–H groups in total. The molecule has 2 aromatic heterocycles. The van der Waals surface area contributed by atoms with E-state index in [4.69, 9.17) is 9.47 Å². The number of likely N-dealkylation sites (tertiary alicyclic amines) is 2. The Kier molecular flexibility index (Phi) is 7.56. The lowest BCUT2D eigenvalue weighted by atomic mass is 10.1. The van der Waals surface area contributed by atoms with Gasteiger partial charge in [0.05, 0.1) is 6.20 Å². The summed E-state index contributed by atoms with van der Waals surface area (Å²) in [4.78, 5) is 37.6. The second-order valence-corrected chi connectivity index (χ2v) is 11.0. The molecular weight excluding hydrogens is 462 g/mol. The standard InChI is InChI=1S/C25H39N7O4/c1-16(2)20-15-26-32-21(20)27-17(3)28-22(32)29-18-7-11-30(12-8-18)23(33)35-19-9-13-31(14-10-19)24(34)36-25(4,5)6/h15-16,18-19H,7-14H2,1-6H3,(H,27,28,29). The van der Waals surface area contributed by atoms with Crippen molar-refractivity contribution in [2.45, 2.75) is 90.9 Å². The van der Waals surface area contributed by atoms with Crippen LogP contribution in [0, 0.1) is 6.92 Å². The Balaban J connectivity index is 1.25. The van der Waals surface area contributed by atoms with Crippen molar-refractivity contribution in [3.8, 4) is 0 Å². The number of amides is 2. The summed E-state index contributed by atoms with van der Waals surface area (Å²) in [6.07, 6.45) is 3.90. The van der Waals surface area contributed by atoms with Crippen LogP contribution in [0.3, 0.4) is 0 Å². The van der Waals surface area contributed by atoms with Crippen molar-refractivity contribution in [3.63, 3.8) is 0 Å². The molecule has 0 bridgehead atoms. The molecule has 0 aromatic carbocycles. The van der Waals surface area contributed by atoms with Gasteiger partial charge in [0.1, 0.15) is 17.5 Å². The maximum atomic E-state index is 12.8. The highest BCUT2D eigenvalue weighted by molar-refractivity contribution is 5.69. The second-order valence-electron chi connectivity index (χ2n) is 11.0. The van der Waals surface area contributed by atoms with Crippen molar-refractivity contribution in [1.29, 1.82) is 0 Å². The van der Waals surface area contributed by atoms with Crippen molar-refractivity contribution in [1.82, 2.24) is 29.4 Å². The van der Waals surface area contributed by atoms with E-state index in [-0.39, 0.29) is 24.3 Å². The minimum Gasteiger partial charge on any atom is -0.446 e. The van der Waals surface area contributed by atoms with Gasteiger partial charge in [0.2, 0.25) is 5.95 Å². The minimum absolute atomic E-state index is 0.176. The summed E-state index contributed by atoms with van der Waals surface area (Å²) in [6, 6.07) is 0.176. The predicted octanol–water partition coefficient (Wildman–Crippen LogP) is 3.97. The van der Waals surface area contributed by atoms with E-state index in [2.05, 4.69) is 34.2 Å². The fraction of sp³-hybridized carbons (Fsp3) is 0.720. The van der Waals surface area contributed by atoms with E-state index >= 15 is 0 Å². The largest absolute Gasteiger partial charge is 0.446 e. The van der Waals surface area contributed by atoms with Crippen LogP contribution in [0.4, 0.5) is 15.5 Å². The second kappa shape index (κ2) is 10.5. The third-order valence-corrected chi connectivity index (χ3v) is 6.58. The molecule has 4 heterocycles. The quantitative estimate of drug-likeness (QED) is 0.669. The molecule has 0 unspecified atom stereocenters. The molecule has 2 aliphatic rings. The van der Waals surface area contributed by atoms with Crippen molar-refractivity contribution in [2.75, 3.05) is 31.5 Å². The maximum Gasteiger partial charge on any atom is 0.410 e. The molecule has 2 aliphatic heterocycles. The van der Waals surface area contributed by atoms with Gasteiger partial charge < -0.3 is 24.6 Å². The Bertz CT molecular complexity index is 1080. The number of piperidine rings is 2. The van der Waals surface area contributed by atoms with Crippen LogP contribution in [0.5, 0.6) is 0 Å². The molecular formula is C25H39N7O4. The maximum absolute atomic E-state index is 12.8. The van der Waals surface area contributed by atoms with E-state index in [1.807, 2.05) is 33.9 Å². The van der Waals surface area contributed by atoms with Gasteiger partial charge in [-0.05, 0) is 46.5 Å². The first-order chi connectivity index (χ1) is 17.0. The molecule has 2 saturated heterocycles. The molecule has 0 radical (unpaired) electrons. The number of hydrogen-bond acceptors (Lipinski definition) is 8. The minimum atomic E-state index is -0.519. The summed E-state index contributed by atoms with van der Waals surface area (Å²) < 4.78 is 13.0. The van der Waals surface area contributed by atoms with Crippen LogP contribution >= 0.6 is 0 Å². The third-order valence-electron chi connectivity index (χ3n) is 6.58. The van der Waals surface area contributed by atoms with Crippen LogP contribution in [0.15, 0.2) is 6.20 Å². The average Bonchev–Trinajstić information content (AvgIpc) is 3.23. The fourth-order valence-electron chi connectivity index (χ4n) is 4.59. The van der Waals surface area contributed by atoms with E-state index < -0.39 is 5.60 Å². The van der Waals surface area contributed by atoms with Gasteiger partial charge in [-0.25, -0.2) is 14.6 Å². The first kappa shape index (κ1) is 26.0. The fourth-order valence-corrected chi connectivity index (χ4v) is 4.59. The molecule has 2 fully saturated rings. The molecule has 0 spiro atoms. The molecule has 0 saturated carbocycles. The zero-order valence-electron chi connectivity index (χ0n) is 22.3. The first-order valence-corrected chi connectivity index (χ1v) is 12.9. The molecule has 11 heteroatoms. The van der Waals surface area contributed by atoms with E-state index in [9.17, 15) is 9.59 Å². The zero-order valence-corrected chi connectivity index (χ0v) is 22.3. The molecule has 2 amide bonds. The summed E-state index contributed by atoms with van der Waals surface area (Å²) in [5.41, 5.74) is 1.41. The molecule has 0 atom stereocenters. The van der Waals surface area contributed by atoms with Gasteiger partial charge in [-0.3, -0.25) is 0 Å². The topological polar surface area (TPSA) is 114 Å². The van der Waals surface area contributed by atoms with Gasteiger partial charge in [0, 0.05) is 50.6 Å². The molecule has 36 heavy (non-hydrogen) atoms. The average molecular weight is 502 g/mol. The van der Waals surface area contributed by atoms with Crippen LogP contribution in [-0.2, 0) is 9.47 Å². The first-order valence-electron chi connectivity index (χ1n) is 12.9. The summed E-state index contributed by atoms with van der Waals surface area (Å²) in [6.45, 7) is 14.0. The Morgan fingerprint density at radius 1 is 1.00 bits per heavy atom. The number of rotatable bonds is 4. The molecule has 2 aromatic rings. The lowest BCUT2D eigenvalue weighted by Gasteiger charge is -2.35. The Hall–Kier alpha value is -3.11. The molecule has 0 aliphatic carbocycles. The number of aryl methyl sites for hydroxylation is 1. The highest BCUT2D eigenvalue weighted by Gasteiger charge is 2.31. The van der Waals surface area contributed by atoms with Crippen LogP contribution in [0.25, 0.3) is 5.65 Å².